The van der Waals surface area contributed by atoms with Gasteiger partial charge in [-0.15, -0.1) is 0 Å². The number of hydrogen-bond acceptors (Lipinski definition) is 4. The first-order valence-corrected chi connectivity index (χ1v) is 5.57. The molecule has 1 fully saturated rings. The van der Waals surface area contributed by atoms with Crippen LogP contribution in [-0.2, 0) is 16.1 Å². The molecule has 6 heteroatoms. The fourth-order valence-corrected chi connectivity index (χ4v) is 1.94. The van der Waals surface area contributed by atoms with Crippen LogP contribution in [0.5, 0.6) is 0 Å². The molecule has 2 rings (SSSR count). The predicted octanol–water partition coefficient (Wildman–Crippen LogP) is 0.365. The Bertz CT molecular complexity index is 485. The molecule has 0 bridgehead atoms. The molecule has 2 amide bonds. The van der Waals surface area contributed by atoms with E-state index in [1.165, 1.54) is 4.90 Å². The Labute approximate surface area is 104 Å². The molecule has 1 aliphatic rings. The second-order valence-electron chi connectivity index (χ2n) is 3.75. The Morgan fingerprint density at radius 1 is 1.41 bits per heavy atom. The summed E-state index contributed by atoms with van der Waals surface area (Å²) in [5.74, 6) is -0.319. The van der Waals surface area contributed by atoms with Crippen molar-refractivity contribution in [2.24, 2.45) is 5.73 Å². The summed E-state index contributed by atoms with van der Waals surface area (Å²) < 4.78 is 0. The Kier molecular flexibility index (Phi) is 3.14. The number of pyridine rings is 1. The van der Waals surface area contributed by atoms with E-state index >= 15 is 0 Å². The van der Waals surface area contributed by atoms with Crippen LogP contribution in [0.25, 0.3) is 0 Å². The second kappa shape index (κ2) is 4.58. The van der Waals surface area contributed by atoms with Gasteiger partial charge in [-0.25, -0.2) is 0 Å². The van der Waals surface area contributed by atoms with Crippen molar-refractivity contribution in [1.82, 2.24) is 9.88 Å². The first-order valence-electron chi connectivity index (χ1n) is 5.16. The average Bonchev–Trinajstić information content (AvgIpc) is 2.61. The molecule has 0 unspecified atom stereocenters. The molecule has 17 heavy (non-hydrogen) atoms. The van der Waals surface area contributed by atoms with Crippen molar-refractivity contribution in [2.75, 3.05) is 0 Å². The van der Waals surface area contributed by atoms with Gasteiger partial charge in [0.1, 0.15) is 10.7 Å². The number of aromatic nitrogens is 1. The van der Waals surface area contributed by atoms with Crippen molar-refractivity contribution in [2.45, 2.75) is 19.4 Å². The average molecular weight is 249 g/mol. The molecule has 1 saturated heterocycles. The third kappa shape index (κ3) is 2.31. The number of nitrogens with two attached hydrogens (primary N) is 1. The molecule has 2 N–H and O–H groups in total. The van der Waals surface area contributed by atoms with Crippen LogP contribution in [0.15, 0.2) is 18.3 Å². The maximum Gasteiger partial charge on any atom is 0.229 e. The highest BCUT2D eigenvalue weighted by Crippen LogP contribution is 2.17. The maximum atomic E-state index is 11.5. The highest BCUT2D eigenvalue weighted by atomic mass is 32.1. The summed E-state index contributed by atoms with van der Waals surface area (Å²) in [6, 6.07) is 3.49. The SMILES string of the molecule is NC(=S)c1ncccc1CN1C(=O)CCC1=O. The van der Waals surface area contributed by atoms with E-state index in [2.05, 4.69) is 4.98 Å². The van der Waals surface area contributed by atoms with Crippen molar-refractivity contribution >= 4 is 29.0 Å². The monoisotopic (exact) mass is 249 g/mol. The van der Waals surface area contributed by atoms with Crippen molar-refractivity contribution < 1.29 is 9.59 Å². The number of carbonyl (C=O) groups excluding carboxylic acids is 2. The van der Waals surface area contributed by atoms with Crippen LogP contribution in [-0.4, -0.2) is 26.7 Å². The van der Waals surface area contributed by atoms with Crippen LogP contribution in [0.3, 0.4) is 0 Å². The highest BCUT2D eigenvalue weighted by molar-refractivity contribution is 7.80. The molecule has 0 saturated carbocycles. The van der Waals surface area contributed by atoms with Crippen molar-refractivity contribution in [1.29, 1.82) is 0 Å². The van der Waals surface area contributed by atoms with Gasteiger partial charge < -0.3 is 5.73 Å². The molecule has 2 heterocycles. The zero-order chi connectivity index (χ0) is 12.4. The Balaban J connectivity index is 2.27. The Hall–Kier alpha value is -1.82. The highest BCUT2D eigenvalue weighted by Gasteiger charge is 2.29. The van der Waals surface area contributed by atoms with E-state index in [0.29, 0.717) is 11.3 Å². The quantitative estimate of drug-likeness (QED) is 0.618. The third-order valence-electron chi connectivity index (χ3n) is 2.61. The number of carbonyl (C=O) groups is 2. The summed E-state index contributed by atoms with van der Waals surface area (Å²) in [6.07, 6.45) is 2.13. The van der Waals surface area contributed by atoms with Gasteiger partial charge in [-0.2, -0.15) is 0 Å². The van der Waals surface area contributed by atoms with E-state index in [-0.39, 0.29) is 36.2 Å². The topological polar surface area (TPSA) is 76.3 Å². The number of rotatable bonds is 3. The largest absolute Gasteiger partial charge is 0.388 e. The number of likely N-dealkylation sites (tertiary alicyclic amines) is 1. The van der Waals surface area contributed by atoms with Crippen molar-refractivity contribution in [3.8, 4) is 0 Å². The zero-order valence-electron chi connectivity index (χ0n) is 9.05. The predicted molar refractivity (Wildman–Crippen MR) is 64.9 cm³/mol. The van der Waals surface area contributed by atoms with Gasteiger partial charge in [0, 0.05) is 24.6 Å². The summed E-state index contributed by atoms with van der Waals surface area (Å²) in [5, 5.41) is 0. The number of hydrogen-bond donors (Lipinski definition) is 1. The summed E-state index contributed by atoms with van der Waals surface area (Å²) >= 11 is 4.88. The van der Waals surface area contributed by atoms with Crippen LogP contribution in [0, 0.1) is 0 Å². The normalized spacial score (nSPS) is 15.4. The minimum atomic E-state index is -0.159. The summed E-state index contributed by atoms with van der Waals surface area (Å²) in [5.41, 5.74) is 6.70. The smallest absolute Gasteiger partial charge is 0.229 e. The van der Waals surface area contributed by atoms with Gasteiger partial charge in [0.15, 0.2) is 0 Å². The Morgan fingerprint density at radius 2 is 2.06 bits per heavy atom. The maximum absolute atomic E-state index is 11.5. The summed E-state index contributed by atoms with van der Waals surface area (Å²) in [7, 11) is 0. The molecule has 0 aromatic carbocycles. The molecule has 5 nitrogen and oxygen atoms in total. The van der Waals surface area contributed by atoms with Gasteiger partial charge >= 0.3 is 0 Å². The van der Waals surface area contributed by atoms with Gasteiger partial charge in [-0.05, 0) is 6.07 Å². The number of nitrogens with zero attached hydrogens (tertiary/aromatic N) is 2. The van der Waals surface area contributed by atoms with Gasteiger partial charge in [-0.1, -0.05) is 18.3 Å². The van der Waals surface area contributed by atoms with E-state index in [9.17, 15) is 9.59 Å². The fraction of sp³-hybridized carbons (Fsp3) is 0.273. The van der Waals surface area contributed by atoms with Crippen molar-refractivity contribution in [3.63, 3.8) is 0 Å². The summed E-state index contributed by atoms with van der Waals surface area (Å²) in [4.78, 5) is 28.4. The van der Waals surface area contributed by atoms with E-state index < -0.39 is 0 Å². The first-order chi connectivity index (χ1) is 8.09. The fourth-order valence-electron chi connectivity index (χ4n) is 1.76. The van der Waals surface area contributed by atoms with E-state index in [1.54, 1.807) is 18.3 Å². The lowest BCUT2D eigenvalue weighted by Crippen LogP contribution is -2.29. The molecule has 0 radical (unpaired) electrons. The van der Waals surface area contributed by atoms with Gasteiger partial charge in [-0.3, -0.25) is 19.5 Å². The lowest BCUT2D eigenvalue weighted by molar-refractivity contribution is -0.139. The third-order valence-corrected chi connectivity index (χ3v) is 2.80. The number of amides is 2. The number of imide groups is 1. The van der Waals surface area contributed by atoms with E-state index in [1.807, 2.05) is 0 Å². The van der Waals surface area contributed by atoms with Crippen LogP contribution in [0.1, 0.15) is 24.1 Å². The van der Waals surface area contributed by atoms with Crippen molar-refractivity contribution in [3.05, 3.63) is 29.6 Å². The van der Waals surface area contributed by atoms with Crippen LogP contribution in [0.4, 0.5) is 0 Å². The molecule has 0 spiro atoms. The van der Waals surface area contributed by atoms with Crippen LogP contribution in [0.2, 0.25) is 0 Å². The van der Waals surface area contributed by atoms with Gasteiger partial charge in [0.05, 0.1) is 6.54 Å². The molecule has 1 aromatic rings. The molecule has 1 aliphatic heterocycles. The lowest BCUT2D eigenvalue weighted by atomic mass is 10.2. The van der Waals surface area contributed by atoms with E-state index in [0.717, 1.165) is 0 Å². The molecule has 0 aliphatic carbocycles. The van der Waals surface area contributed by atoms with Gasteiger partial charge in [0.25, 0.3) is 0 Å². The molecular weight excluding hydrogens is 238 g/mol. The molecule has 0 atom stereocenters. The lowest BCUT2D eigenvalue weighted by Gasteiger charge is -2.15. The standard InChI is InChI=1S/C11H11N3O2S/c12-11(17)10-7(2-1-5-13-10)6-14-8(15)3-4-9(14)16/h1-2,5H,3-4,6H2,(H2,12,17). The zero-order valence-corrected chi connectivity index (χ0v) is 9.87. The number of thiocarbonyl (C=S) groups is 1. The first kappa shape index (κ1) is 11.7. The minimum Gasteiger partial charge on any atom is -0.388 e. The Morgan fingerprint density at radius 3 is 2.65 bits per heavy atom. The molecular formula is C11H11N3O2S. The second-order valence-corrected chi connectivity index (χ2v) is 4.19. The van der Waals surface area contributed by atoms with Crippen LogP contribution >= 0.6 is 12.2 Å². The molecule has 1 aromatic heterocycles. The minimum absolute atomic E-state index is 0.159. The summed E-state index contributed by atoms with van der Waals surface area (Å²) in [6.45, 7) is 0.193. The van der Waals surface area contributed by atoms with Gasteiger partial charge in [0.2, 0.25) is 11.8 Å². The molecule has 88 valence electrons. The van der Waals surface area contributed by atoms with E-state index in [4.69, 9.17) is 18.0 Å². The van der Waals surface area contributed by atoms with Crippen LogP contribution < -0.4 is 5.73 Å².